The van der Waals surface area contributed by atoms with Gasteiger partial charge in [-0.1, -0.05) is 0 Å². The van der Waals surface area contributed by atoms with E-state index in [1.165, 1.54) is 18.2 Å². The molecule has 3 heteroatoms. The lowest BCUT2D eigenvalue weighted by atomic mass is 10.2. The van der Waals surface area contributed by atoms with E-state index in [2.05, 4.69) is 10.8 Å². The molecule has 0 fully saturated rings. The van der Waals surface area contributed by atoms with Gasteiger partial charge in [0.25, 0.3) is 0 Å². The zero-order valence-corrected chi connectivity index (χ0v) is 6.63. The van der Waals surface area contributed by atoms with E-state index in [-0.39, 0.29) is 0 Å². The average Bonchev–Trinajstić information content (AvgIpc) is 2.06. The molecule has 0 saturated carbocycles. The van der Waals surface area contributed by atoms with Gasteiger partial charge in [-0.05, 0) is 25.1 Å². The number of carbonyl (C=O) groups excluding carboxylic acids is 1. The van der Waals surface area contributed by atoms with Gasteiger partial charge in [0.2, 0.25) is 0 Å². The van der Waals surface area contributed by atoms with E-state index in [0.717, 1.165) is 0 Å². The summed E-state index contributed by atoms with van der Waals surface area (Å²) in [6.45, 7) is 2.03. The van der Waals surface area contributed by atoms with Gasteiger partial charge in [0, 0.05) is 6.07 Å². The Hall–Kier alpha value is -1.38. The zero-order valence-electron chi connectivity index (χ0n) is 6.63. The minimum Gasteiger partial charge on any atom is -0.462 e. The summed E-state index contributed by atoms with van der Waals surface area (Å²) in [5.74, 6) is -0.934. The zero-order chi connectivity index (χ0) is 8.97. The molecule has 0 aliphatic carbocycles. The molecular formula is C9H8FO2. The normalized spacial score (nSPS) is 9.50. The quantitative estimate of drug-likeness (QED) is 0.628. The summed E-state index contributed by atoms with van der Waals surface area (Å²) < 4.78 is 17.0. The third-order valence-electron chi connectivity index (χ3n) is 1.29. The molecule has 0 amide bonds. The van der Waals surface area contributed by atoms with E-state index in [4.69, 9.17) is 0 Å². The van der Waals surface area contributed by atoms with E-state index in [0.29, 0.717) is 12.2 Å². The second kappa shape index (κ2) is 3.85. The maximum absolute atomic E-state index is 12.3. The summed E-state index contributed by atoms with van der Waals surface area (Å²) in [6, 6.07) is 6.08. The topological polar surface area (TPSA) is 26.3 Å². The van der Waals surface area contributed by atoms with Crippen LogP contribution >= 0.6 is 0 Å². The number of benzene rings is 1. The van der Waals surface area contributed by atoms with Crippen molar-refractivity contribution >= 4 is 5.97 Å². The van der Waals surface area contributed by atoms with Gasteiger partial charge in [-0.3, -0.25) is 0 Å². The van der Waals surface area contributed by atoms with Crippen LogP contribution in [-0.2, 0) is 4.74 Å². The monoisotopic (exact) mass is 167 g/mol. The Morgan fingerprint density at radius 3 is 2.92 bits per heavy atom. The maximum Gasteiger partial charge on any atom is 0.338 e. The lowest BCUT2D eigenvalue weighted by molar-refractivity contribution is 0.0526. The molecule has 1 radical (unpaired) electrons. The van der Waals surface area contributed by atoms with Crippen LogP contribution in [0.15, 0.2) is 18.2 Å². The van der Waals surface area contributed by atoms with E-state index in [9.17, 15) is 9.18 Å². The molecule has 0 unspecified atom stereocenters. The first-order valence-electron chi connectivity index (χ1n) is 3.58. The molecular weight excluding hydrogens is 159 g/mol. The van der Waals surface area contributed by atoms with Crippen LogP contribution in [0.5, 0.6) is 0 Å². The van der Waals surface area contributed by atoms with Crippen LogP contribution in [0.25, 0.3) is 0 Å². The average molecular weight is 167 g/mol. The number of hydrogen-bond acceptors (Lipinski definition) is 2. The second-order valence-electron chi connectivity index (χ2n) is 2.15. The van der Waals surface area contributed by atoms with Gasteiger partial charge < -0.3 is 4.74 Å². The third kappa shape index (κ3) is 2.05. The summed E-state index contributed by atoms with van der Waals surface area (Å²) >= 11 is 0. The highest BCUT2D eigenvalue weighted by atomic mass is 19.1. The highest BCUT2D eigenvalue weighted by Gasteiger charge is 2.04. The first kappa shape index (κ1) is 8.71. The number of ether oxygens (including phenoxy) is 1. The first-order valence-corrected chi connectivity index (χ1v) is 3.58. The van der Waals surface area contributed by atoms with E-state index in [1.807, 2.05) is 0 Å². The molecule has 0 N–H and O–H groups in total. The molecule has 0 heterocycles. The number of hydrogen-bond donors (Lipinski definition) is 0. The highest BCUT2D eigenvalue weighted by Crippen LogP contribution is 2.03. The third-order valence-corrected chi connectivity index (χ3v) is 1.29. The molecule has 0 bridgehead atoms. The summed E-state index contributed by atoms with van der Waals surface area (Å²) in [5.41, 5.74) is 0.318. The Morgan fingerprint density at radius 2 is 2.42 bits per heavy atom. The van der Waals surface area contributed by atoms with Gasteiger partial charge in [-0.2, -0.15) is 0 Å². The van der Waals surface area contributed by atoms with Gasteiger partial charge in [0.15, 0.2) is 0 Å². The lowest BCUT2D eigenvalue weighted by Gasteiger charge is -1.99. The van der Waals surface area contributed by atoms with Crippen molar-refractivity contribution in [2.45, 2.75) is 6.92 Å². The number of halogens is 1. The molecule has 0 saturated heterocycles. The minimum atomic E-state index is -0.483. The Bertz CT molecular complexity index is 266. The Kier molecular flexibility index (Phi) is 2.80. The SMILES string of the molecule is CCOC(=O)c1c[c]c(F)cc1. The van der Waals surface area contributed by atoms with E-state index >= 15 is 0 Å². The van der Waals surface area contributed by atoms with Gasteiger partial charge in [0.1, 0.15) is 5.82 Å². The first-order chi connectivity index (χ1) is 5.74. The molecule has 1 aromatic rings. The molecule has 0 atom stereocenters. The largest absolute Gasteiger partial charge is 0.462 e. The molecule has 0 aliphatic heterocycles. The Labute approximate surface area is 70.0 Å². The van der Waals surface area contributed by atoms with Crippen molar-refractivity contribution in [3.8, 4) is 0 Å². The van der Waals surface area contributed by atoms with Gasteiger partial charge in [-0.25, -0.2) is 9.18 Å². The highest BCUT2D eigenvalue weighted by molar-refractivity contribution is 5.89. The van der Waals surface area contributed by atoms with Crippen molar-refractivity contribution in [1.29, 1.82) is 0 Å². The standard InChI is InChI=1S/C9H8FO2/c1-2-12-9(11)7-3-5-8(10)6-4-7/h3-5H,2H2,1H3. The fraction of sp³-hybridized carbons (Fsp3) is 0.222. The number of rotatable bonds is 2. The fourth-order valence-electron chi connectivity index (χ4n) is 0.747. The summed E-state index contributed by atoms with van der Waals surface area (Å²) in [6.07, 6.45) is 0. The van der Waals surface area contributed by atoms with Crippen LogP contribution in [0.4, 0.5) is 4.39 Å². The van der Waals surface area contributed by atoms with Crippen molar-refractivity contribution in [3.05, 3.63) is 35.6 Å². The molecule has 12 heavy (non-hydrogen) atoms. The van der Waals surface area contributed by atoms with Crippen molar-refractivity contribution in [1.82, 2.24) is 0 Å². The van der Waals surface area contributed by atoms with Gasteiger partial charge in [0.05, 0.1) is 12.2 Å². The molecule has 0 spiro atoms. The van der Waals surface area contributed by atoms with Crippen LogP contribution in [-0.4, -0.2) is 12.6 Å². The Morgan fingerprint density at radius 1 is 1.67 bits per heavy atom. The predicted molar refractivity (Wildman–Crippen MR) is 41.2 cm³/mol. The van der Waals surface area contributed by atoms with E-state index < -0.39 is 11.8 Å². The summed E-state index contributed by atoms with van der Waals surface area (Å²) in [7, 11) is 0. The predicted octanol–water partition coefficient (Wildman–Crippen LogP) is 1.80. The molecule has 1 rings (SSSR count). The van der Waals surface area contributed by atoms with Crippen molar-refractivity contribution in [2.24, 2.45) is 0 Å². The van der Waals surface area contributed by atoms with Crippen LogP contribution in [0, 0.1) is 11.9 Å². The number of carbonyl (C=O) groups is 1. The van der Waals surface area contributed by atoms with Crippen LogP contribution < -0.4 is 0 Å². The Balaban J connectivity index is 2.75. The molecule has 2 nitrogen and oxygen atoms in total. The van der Waals surface area contributed by atoms with Crippen LogP contribution in [0.1, 0.15) is 17.3 Å². The maximum atomic E-state index is 12.3. The van der Waals surface area contributed by atoms with E-state index in [1.54, 1.807) is 6.92 Å². The van der Waals surface area contributed by atoms with Crippen LogP contribution in [0.2, 0.25) is 0 Å². The van der Waals surface area contributed by atoms with Crippen molar-refractivity contribution < 1.29 is 13.9 Å². The summed E-state index contributed by atoms with van der Waals surface area (Å²) in [4.78, 5) is 11.0. The minimum absolute atomic E-state index is 0.316. The van der Waals surface area contributed by atoms with Crippen LogP contribution in [0.3, 0.4) is 0 Å². The molecule has 63 valence electrons. The molecule has 0 aliphatic rings. The van der Waals surface area contributed by atoms with Crippen molar-refractivity contribution in [2.75, 3.05) is 6.61 Å². The smallest absolute Gasteiger partial charge is 0.338 e. The lowest BCUT2D eigenvalue weighted by Crippen LogP contribution is -2.04. The summed E-state index contributed by atoms with van der Waals surface area (Å²) in [5, 5.41) is 0. The van der Waals surface area contributed by atoms with Gasteiger partial charge >= 0.3 is 5.97 Å². The second-order valence-corrected chi connectivity index (χ2v) is 2.15. The molecule has 1 aromatic carbocycles. The van der Waals surface area contributed by atoms with Gasteiger partial charge in [-0.15, -0.1) is 0 Å². The number of esters is 1. The van der Waals surface area contributed by atoms with Crippen molar-refractivity contribution in [3.63, 3.8) is 0 Å². The molecule has 0 aromatic heterocycles. The fourth-order valence-corrected chi connectivity index (χ4v) is 0.747.